The fourth-order valence-corrected chi connectivity index (χ4v) is 2.42. The van der Waals surface area contributed by atoms with Crippen molar-refractivity contribution in [3.8, 4) is 5.69 Å². The summed E-state index contributed by atoms with van der Waals surface area (Å²) in [7, 11) is 1.71. The Hall–Kier alpha value is -2.83. The van der Waals surface area contributed by atoms with Crippen molar-refractivity contribution in [3.05, 3.63) is 48.3 Å². The Morgan fingerprint density at radius 3 is 2.64 bits per heavy atom. The van der Waals surface area contributed by atoms with E-state index in [-0.39, 0.29) is 18.0 Å². The molecule has 2 aromatic rings. The highest BCUT2D eigenvalue weighted by Crippen LogP contribution is 2.16. The van der Waals surface area contributed by atoms with Gasteiger partial charge in [0.25, 0.3) is 0 Å². The molecule has 134 valence electrons. The average molecular weight is 343 g/mol. The molecular formula is C18H25N5O2. The van der Waals surface area contributed by atoms with E-state index in [9.17, 15) is 9.59 Å². The third-order valence-corrected chi connectivity index (χ3v) is 4.06. The second-order valence-corrected chi connectivity index (χ2v) is 5.96. The van der Waals surface area contributed by atoms with Crippen LogP contribution in [0.15, 0.2) is 42.7 Å². The van der Waals surface area contributed by atoms with Crippen molar-refractivity contribution in [3.63, 3.8) is 0 Å². The van der Waals surface area contributed by atoms with Crippen LogP contribution in [0.2, 0.25) is 0 Å². The number of nitrogens with zero attached hydrogens (tertiary/aromatic N) is 3. The molecule has 0 radical (unpaired) electrons. The van der Waals surface area contributed by atoms with Crippen molar-refractivity contribution in [2.45, 2.75) is 32.9 Å². The highest BCUT2D eigenvalue weighted by Gasteiger charge is 2.19. The van der Waals surface area contributed by atoms with Gasteiger partial charge in [0.05, 0.1) is 11.7 Å². The van der Waals surface area contributed by atoms with Crippen molar-refractivity contribution in [2.24, 2.45) is 0 Å². The Bertz CT molecular complexity index is 714. The van der Waals surface area contributed by atoms with Gasteiger partial charge < -0.3 is 15.5 Å². The van der Waals surface area contributed by atoms with Gasteiger partial charge in [-0.15, -0.1) is 0 Å². The van der Waals surface area contributed by atoms with Crippen LogP contribution >= 0.6 is 0 Å². The van der Waals surface area contributed by atoms with E-state index in [0.717, 1.165) is 11.3 Å². The zero-order valence-electron chi connectivity index (χ0n) is 15.1. The van der Waals surface area contributed by atoms with Crippen LogP contribution in [0.1, 0.15) is 32.4 Å². The van der Waals surface area contributed by atoms with E-state index in [4.69, 9.17) is 0 Å². The Kier molecular flexibility index (Phi) is 6.16. The van der Waals surface area contributed by atoms with Crippen LogP contribution < -0.4 is 10.6 Å². The largest absolute Gasteiger partial charge is 0.344 e. The Labute approximate surface area is 148 Å². The molecule has 0 spiro atoms. The predicted octanol–water partition coefficient (Wildman–Crippen LogP) is 2.10. The number of amides is 3. The van der Waals surface area contributed by atoms with Crippen molar-refractivity contribution in [2.75, 3.05) is 13.6 Å². The minimum atomic E-state index is -0.576. The molecule has 1 heterocycles. The van der Waals surface area contributed by atoms with Crippen molar-refractivity contribution in [1.82, 2.24) is 25.3 Å². The zero-order valence-corrected chi connectivity index (χ0v) is 15.1. The molecule has 0 fully saturated rings. The molecule has 0 saturated carbocycles. The van der Waals surface area contributed by atoms with E-state index in [2.05, 4.69) is 15.7 Å². The third-order valence-electron chi connectivity index (χ3n) is 4.06. The first-order valence-electron chi connectivity index (χ1n) is 8.34. The van der Waals surface area contributed by atoms with Gasteiger partial charge in [-0.25, -0.2) is 9.48 Å². The van der Waals surface area contributed by atoms with E-state index in [0.29, 0.717) is 6.54 Å². The van der Waals surface area contributed by atoms with E-state index in [1.807, 2.05) is 50.4 Å². The maximum absolute atomic E-state index is 12.2. The topological polar surface area (TPSA) is 79.3 Å². The zero-order chi connectivity index (χ0) is 18.4. The number of aromatic nitrogens is 2. The first-order chi connectivity index (χ1) is 11.9. The van der Waals surface area contributed by atoms with Crippen molar-refractivity contribution < 1.29 is 9.59 Å². The molecule has 0 aliphatic heterocycles. The molecule has 0 bridgehead atoms. The van der Waals surface area contributed by atoms with Gasteiger partial charge in [-0.3, -0.25) is 4.79 Å². The first kappa shape index (κ1) is 18.5. The minimum absolute atomic E-state index is 0.119. The second kappa shape index (κ2) is 8.32. The predicted molar refractivity (Wildman–Crippen MR) is 96.4 cm³/mol. The molecule has 1 aromatic heterocycles. The first-order valence-corrected chi connectivity index (χ1v) is 8.34. The lowest BCUT2D eigenvalue weighted by atomic mass is 10.1. The minimum Gasteiger partial charge on any atom is -0.344 e. The van der Waals surface area contributed by atoms with E-state index in [1.165, 1.54) is 0 Å². The number of hydrogen-bond acceptors (Lipinski definition) is 3. The smallest absolute Gasteiger partial charge is 0.315 e. The molecule has 7 heteroatoms. The highest BCUT2D eigenvalue weighted by atomic mass is 16.2. The number of likely N-dealkylation sites (N-methyl/N-ethyl adjacent to an activating group) is 1. The van der Waals surface area contributed by atoms with E-state index >= 15 is 0 Å². The van der Waals surface area contributed by atoms with Gasteiger partial charge in [-0.05, 0) is 44.5 Å². The fourth-order valence-electron chi connectivity index (χ4n) is 2.42. The fraction of sp³-hybridized carbons (Fsp3) is 0.389. The van der Waals surface area contributed by atoms with Gasteiger partial charge in [-0.1, -0.05) is 12.1 Å². The average Bonchev–Trinajstić information content (AvgIpc) is 3.14. The summed E-state index contributed by atoms with van der Waals surface area (Å²) in [6.07, 6.45) is 3.58. The van der Waals surface area contributed by atoms with Gasteiger partial charge in [0, 0.05) is 26.0 Å². The summed E-state index contributed by atoms with van der Waals surface area (Å²) in [5.74, 6) is -0.119. The molecule has 2 unspecified atom stereocenters. The van der Waals surface area contributed by atoms with E-state index in [1.54, 1.807) is 29.7 Å². The molecule has 0 aliphatic carbocycles. The van der Waals surface area contributed by atoms with Crippen LogP contribution in [0.3, 0.4) is 0 Å². The Morgan fingerprint density at radius 2 is 2.00 bits per heavy atom. The van der Waals surface area contributed by atoms with Crippen LogP contribution in [0, 0.1) is 0 Å². The molecular weight excluding hydrogens is 318 g/mol. The number of nitrogens with one attached hydrogen (secondary N) is 2. The second-order valence-electron chi connectivity index (χ2n) is 5.96. The molecule has 2 rings (SSSR count). The van der Waals surface area contributed by atoms with Crippen LogP contribution in [0.25, 0.3) is 5.69 Å². The number of hydrogen-bond donors (Lipinski definition) is 2. The lowest BCUT2D eigenvalue weighted by Crippen LogP contribution is -2.49. The summed E-state index contributed by atoms with van der Waals surface area (Å²) in [5, 5.41) is 9.75. The number of carbonyl (C=O) groups excluding carboxylic acids is 2. The molecule has 0 saturated heterocycles. The van der Waals surface area contributed by atoms with Gasteiger partial charge >= 0.3 is 6.03 Å². The van der Waals surface area contributed by atoms with Crippen LogP contribution in [0.5, 0.6) is 0 Å². The van der Waals surface area contributed by atoms with Crippen LogP contribution in [-0.2, 0) is 4.79 Å². The number of urea groups is 1. The van der Waals surface area contributed by atoms with Gasteiger partial charge in [0.2, 0.25) is 5.91 Å². The third kappa shape index (κ3) is 4.82. The lowest BCUT2D eigenvalue weighted by Gasteiger charge is -2.22. The molecule has 3 amide bonds. The molecule has 7 nitrogen and oxygen atoms in total. The molecule has 1 aromatic carbocycles. The van der Waals surface area contributed by atoms with Gasteiger partial charge in [-0.2, -0.15) is 5.10 Å². The number of carbonyl (C=O) groups is 2. The van der Waals surface area contributed by atoms with Crippen molar-refractivity contribution in [1.29, 1.82) is 0 Å². The highest BCUT2D eigenvalue weighted by molar-refractivity contribution is 5.86. The normalized spacial score (nSPS) is 13.0. The standard InChI is InChI=1S/C18H25N5O2/c1-5-22(4)17(24)14(3)21-18(25)20-13(2)15-8-6-9-16(12-15)23-11-7-10-19-23/h6-14H,5H2,1-4H3,(H2,20,21,25). The summed E-state index contributed by atoms with van der Waals surface area (Å²) in [6, 6.07) is 8.48. The van der Waals surface area contributed by atoms with Crippen LogP contribution in [-0.4, -0.2) is 46.3 Å². The Balaban J connectivity index is 1.97. The lowest BCUT2D eigenvalue weighted by molar-refractivity contribution is -0.131. The van der Waals surface area contributed by atoms with E-state index < -0.39 is 6.04 Å². The van der Waals surface area contributed by atoms with Crippen molar-refractivity contribution >= 4 is 11.9 Å². The summed E-state index contributed by atoms with van der Waals surface area (Å²) in [4.78, 5) is 25.7. The SMILES string of the molecule is CCN(C)C(=O)C(C)NC(=O)NC(C)c1cccc(-n2cccn2)c1. The van der Waals surface area contributed by atoms with Gasteiger partial charge in [0.15, 0.2) is 0 Å². The summed E-state index contributed by atoms with van der Waals surface area (Å²) in [6.45, 7) is 6.06. The maximum atomic E-state index is 12.2. The molecule has 25 heavy (non-hydrogen) atoms. The maximum Gasteiger partial charge on any atom is 0.315 e. The molecule has 2 N–H and O–H groups in total. The van der Waals surface area contributed by atoms with Crippen LogP contribution in [0.4, 0.5) is 4.79 Å². The Morgan fingerprint density at radius 1 is 1.24 bits per heavy atom. The quantitative estimate of drug-likeness (QED) is 0.843. The van der Waals surface area contributed by atoms with Gasteiger partial charge in [0.1, 0.15) is 6.04 Å². The molecule has 0 aliphatic rings. The number of benzene rings is 1. The summed E-state index contributed by atoms with van der Waals surface area (Å²) >= 11 is 0. The monoisotopic (exact) mass is 343 g/mol. The summed E-state index contributed by atoms with van der Waals surface area (Å²) < 4.78 is 1.76. The summed E-state index contributed by atoms with van der Waals surface area (Å²) in [5.41, 5.74) is 1.87. The molecule has 2 atom stereocenters. The number of rotatable bonds is 6.